The van der Waals surface area contributed by atoms with Crippen LogP contribution < -0.4 is 5.32 Å². The summed E-state index contributed by atoms with van der Waals surface area (Å²) >= 11 is 0. The number of hydrogen-bond donors (Lipinski definition) is 2. The highest BCUT2D eigenvalue weighted by Gasteiger charge is 2.20. The van der Waals surface area contributed by atoms with Crippen molar-refractivity contribution >= 4 is 11.7 Å². The van der Waals surface area contributed by atoms with Gasteiger partial charge in [-0.1, -0.05) is 18.2 Å². The monoisotopic (exact) mass is 224 g/mol. The number of rotatable bonds is 6. The van der Waals surface area contributed by atoms with Crippen molar-refractivity contribution in [1.29, 1.82) is 0 Å². The van der Waals surface area contributed by atoms with Gasteiger partial charge in [-0.15, -0.1) is 0 Å². The van der Waals surface area contributed by atoms with Gasteiger partial charge in [0.05, 0.1) is 6.42 Å². The predicted octanol–water partition coefficient (Wildman–Crippen LogP) is 1.57. The van der Waals surface area contributed by atoms with Gasteiger partial charge in [0, 0.05) is 17.0 Å². The number of carboxylic acid groups (broad SMARTS) is 1. The molecule has 0 radical (unpaired) electrons. The molecule has 1 unspecified atom stereocenters. The zero-order valence-electron chi connectivity index (χ0n) is 8.50. The lowest BCUT2D eigenvalue weighted by Gasteiger charge is -2.11. The van der Waals surface area contributed by atoms with E-state index in [9.17, 15) is 14.9 Å². The fraction of sp³-hybridized carbons (Fsp3) is 0.300. The molecule has 6 heteroatoms. The maximum Gasteiger partial charge on any atom is 0.303 e. The molecule has 86 valence electrons. The molecule has 1 aromatic rings. The van der Waals surface area contributed by atoms with E-state index in [1.165, 1.54) is 0 Å². The van der Waals surface area contributed by atoms with Crippen LogP contribution in [0.1, 0.15) is 12.8 Å². The minimum Gasteiger partial charge on any atom is -0.481 e. The molecule has 0 bridgehead atoms. The van der Waals surface area contributed by atoms with E-state index >= 15 is 0 Å². The maximum absolute atomic E-state index is 10.7. The van der Waals surface area contributed by atoms with Gasteiger partial charge in [-0.05, 0) is 12.1 Å². The molecule has 0 aliphatic rings. The number of aliphatic carboxylic acids is 1. The van der Waals surface area contributed by atoms with Crippen LogP contribution in [0.3, 0.4) is 0 Å². The highest BCUT2D eigenvalue weighted by molar-refractivity contribution is 5.66. The largest absolute Gasteiger partial charge is 0.481 e. The summed E-state index contributed by atoms with van der Waals surface area (Å²) in [6.45, 7) is 0. The van der Waals surface area contributed by atoms with Gasteiger partial charge < -0.3 is 10.4 Å². The van der Waals surface area contributed by atoms with E-state index in [-0.39, 0.29) is 12.8 Å². The summed E-state index contributed by atoms with van der Waals surface area (Å²) in [6, 6.07) is 8.67. The fourth-order valence-corrected chi connectivity index (χ4v) is 1.22. The van der Waals surface area contributed by atoms with Crippen LogP contribution in [0.25, 0.3) is 0 Å². The first-order valence-electron chi connectivity index (χ1n) is 4.76. The van der Waals surface area contributed by atoms with Gasteiger partial charge in [-0.2, -0.15) is 0 Å². The fourth-order valence-electron chi connectivity index (χ4n) is 1.22. The Balaban J connectivity index is 2.58. The van der Waals surface area contributed by atoms with Crippen LogP contribution in [0.15, 0.2) is 30.3 Å². The van der Waals surface area contributed by atoms with Crippen molar-refractivity contribution in [2.24, 2.45) is 0 Å². The van der Waals surface area contributed by atoms with Crippen molar-refractivity contribution in [2.45, 2.75) is 19.0 Å². The molecular weight excluding hydrogens is 212 g/mol. The van der Waals surface area contributed by atoms with E-state index < -0.39 is 17.1 Å². The average molecular weight is 224 g/mol. The molecule has 1 rings (SSSR count). The van der Waals surface area contributed by atoms with Gasteiger partial charge in [0.1, 0.15) is 0 Å². The SMILES string of the molecule is O=C(O)CCC(Nc1ccccc1)[N+](=O)[O-]. The van der Waals surface area contributed by atoms with Gasteiger partial charge in [-0.25, -0.2) is 0 Å². The number of anilines is 1. The van der Waals surface area contributed by atoms with Crippen LogP contribution in [0.5, 0.6) is 0 Å². The minimum absolute atomic E-state index is 0.0444. The third-order valence-corrected chi connectivity index (χ3v) is 1.99. The van der Waals surface area contributed by atoms with Crippen LogP contribution in [0, 0.1) is 10.1 Å². The van der Waals surface area contributed by atoms with E-state index in [4.69, 9.17) is 5.11 Å². The molecule has 16 heavy (non-hydrogen) atoms. The second kappa shape index (κ2) is 5.69. The van der Waals surface area contributed by atoms with Crippen LogP contribution in [0.4, 0.5) is 5.69 Å². The molecule has 0 saturated carbocycles. The summed E-state index contributed by atoms with van der Waals surface area (Å²) in [6.07, 6.45) is -1.35. The number of carbonyl (C=O) groups is 1. The quantitative estimate of drug-likeness (QED) is 0.434. The number of nitrogens with zero attached hydrogens (tertiary/aromatic N) is 1. The van der Waals surface area contributed by atoms with E-state index in [0.29, 0.717) is 5.69 Å². The topological polar surface area (TPSA) is 92.5 Å². The van der Waals surface area contributed by atoms with E-state index in [0.717, 1.165) is 0 Å². The van der Waals surface area contributed by atoms with Gasteiger partial charge >= 0.3 is 5.97 Å². The molecule has 1 aromatic carbocycles. The summed E-state index contributed by atoms with van der Waals surface area (Å²) in [4.78, 5) is 20.5. The second-order valence-electron chi connectivity index (χ2n) is 3.24. The van der Waals surface area contributed by atoms with Gasteiger partial charge in [0.25, 0.3) is 6.17 Å². The smallest absolute Gasteiger partial charge is 0.303 e. The third kappa shape index (κ3) is 3.95. The molecule has 0 spiro atoms. The van der Waals surface area contributed by atoms with E-state index in [2.05, 4.69) is 5.32 Å². The Morgan fingerprint density at radius 3 is 2.56 bits per heavy atom. The summed E-state index contributed by atoms with van der Waals surface area (Å²) in [5, 5.41) is 21.8. The van der Waals surface area contributed by atoms with Crippen LogP contribution in [0.2, 0.25) is 0 Å². The summed E-state index contributed by atoms with van der Waals surface area (Å²) in [5.74, 6) is -1.04. The van der Waals surface area contributed by atoms with Crippen molar-refractivity contribution in [3.63, 3.8) is 0 Å². The molecule has 6 nitrogen and oxygen atoms in total. The Labute approximate surface area is 92.0 Å². The molecule has 0 amide bonds. The molecule has 2 N–H and O–H groups in total. The molecule has 0 aromatic heterocycles. The molecule has 0 aliphatic heterocycles. The molecule has 0 fully saturated rings. The number of nitrogens with one attached hydrogen (secondary N) is 1. The van der Waals surface area contributed by atoms with E-state index in [1.807, 2.05) is 0 Å². The number of nitro groups is 1. The highest BCUT2D eigenvalue weighted by Crippen LogP contribution is 2.10. The number of para-hydroxylation sites is 1. The lowest BCUT2D eigenvalue weighted by molar-refractivity contribution is -0.515. The Morgan fingerprint density at radius 2 is 2.06 bits per heavy atom. The molecule has 0 aliphatic carbocycles. The number of hydrogen-bond acceptors (Lipinski definition) is 4. The molecule has 0 heterocycles. The first kappa shape index (κ1) is 12.0. The van der Waals surface area contributed by atoms with Gasteiger partial charge in [0.15, 0.2) is 0 Å². The summed E-state index contributed by atoms with van der Waals surface area (Å²) in [5.41, 5.74) is 0.606. The zero-order chi connectivity index (χ0) is 12.0. The van der Waals surface area contributed by atoms with Crippen molar-refractivity contribution < 1.29 is 14.8 Å². The minimum atomic E-state index is -1.07. The van der Waals surface area contributed by atoms with E-state index in [1.54, 1.807) is 30.3 Å². The Hall–Kier alpha value is -2.11. The summed E-state index contributed by atoms with van der Waals surface area (Å²) in [7, 11) is 0. The predicted molar refractivity (Wildman–Crippen MR) is 57.7 cm³/mol. The molecular formula is C10H12N2O4. The van der Waals surface area contributed by atoms with Crippen LogP contribution >= 0.6 is 0 Å². The highest BCUT2D eigenvalue weighted by atomic mass is 16.6. The van der Waals surface area contributed by atoms with Gasteiger partial charge in [0.2, 0.25) is 0 Å². The Bertz CT molecular complexity index is 366. The van der Waals surface area contributed by atoms with Crippen molar-refractivity contribution in [3.05, 3.63) is 40.4 Å². The first-order chi connectivity index (χ1) is 7.59. The van der Waals surface area contributed by atoms with Crippen molar-refractivity contribution in [1.82, 2.24) is 0 Å². The van der Waals surface area contributed by atoms with Gasteiger partial charge in [-0.3, -0.25) is 14.9 Å². The van der Waals surface area contributed by atoms with Crippen LogP contribution in [-0.4, -0.2) is 22.2 Å². The first-order valence-corrected chi connectivity index (χ1v) is 4.76. The van der Waals surface area contributed by atoms with Crippen molar-refractivity contribution in [2.75, 3.05) is 5.32 Å². The zero-order valence-corrected chi connectivity index (χ0v) is 8.50. The average Bonchev–Trinajstić information content (AvgIpc) is 2.25. The summed E-state index contributed by atoms with van der Waals surface area (Å²) < 4.78 is 0. The normalized spacial score (nSPS) is 11.8. The second-order valence-corrected chi connectivity index (χ2v) is 3.24. The number of carboxylic acids is 1. The number of benzene rings is 1. The molecule has 1 atom stereocenters. The lowest BCUT2D eigenvalue weighted by atomic mass is 10.2. The lowest BCUT2D eigenvalue weighted by Crippen LogP contribution is -2.29. The maximum atomic E-state index is 10.7. The third-order valence-electron chi connectivity index (χ3n) is 1.99. The molecule has 0 saturated heterocycles. The standard InChI is InChI=1S/C10H12N2O4/c13-10(14)7-6-9(12(15)16)11-8-4-2-1-3-5-8/h1-5,9,11H,6-7H2,(H,13,14). The Morgan fingerprint density at radius 1 is 1.44 bits per heavy atom. The van der Waals surface area contributed by atoms with Crippen LogP contribution in [-0.2, 0) is 4.79 Å². The Kier molecular flexibility index (Phi) is 4.26. The van der Waals surface area contributed by atoms with Crippen molar-refractivity contribution in [3.8, 4) is 0 Å².